The van der Waals surface area contributed by atoms with E-state index in [-0.39, 0.29) is 6.61 Å². The molecule has 116 valence electrons. The molecule has 5 heteroatoms. The van der Waals surface area contributed by atoms with E-state index in [2.05, 4.69) is 27.7 Å². The highest BCUT2D eigenvalue weighted by Crippen LogP contribution is 2.14. The first kappa shape index (κ1) is 16.6. The van der Waals surface area contributed by atoms with E-state index < -0.39 is 6.09 Å². The van der Waals surface area contributed by atoms with Gasteiger partial charge in [-0.15, -0.1) is 0 Å². The summed E-state index contributed by atoms with van der Waals surface area (Å²) in [4.78, 5) is 15.5. The molecule has 0 spiro atoms. The molecule has 1 amide bonds. The quantitative estimate of drug-likeness (QED) is 0.634. The Hall–Kier alpha value is -2.75. The lowest BCUT2D eigenvalue weighted by Gasteiger charge is -2.05. The largest absolute Gasteiger partial charge is 0.445 e. The minimum Gasteiger partial charge on any atom is -0.445 e. The molecule has 0 aliphatic rings. The molecule has 0 saturated carbocycles. The maximum absolute atomic E-state index is 11.6. The number of nitrogens with one attached hydrogen (secondary N) is 1. The molecule has 0 unspecified atom stereocenters. The molecule has 2 aromatic rings. The lowest BCUT2D eigenvalue weighted by molar-refractivity contribution is 0.141. The van der Waals surface area contributed by atoms with Crippen molar-refractivity contribution in [3.63, 3.8) is 0 Å². The van der Waals surface area contributed by atoms with Gasteiger partial charge in [0.15, 0.2) is 0 Å². The summed E-state index contributed by atoms with van der Waals surface area (Å²) in [5.74, 6) is 0. The SMILES string of the molecule is O=C(NCC=Cc1cccc(N=C=S)c1)OCc1ccccc1. The van der Waals surface area contributed by atoms with Crippen LogP contribution in [-0.4, -0.2) is 17.8 Å². The highest BCUT2D eigenvalue weighted by molar-refractivity contribution is 7.78. The van der Waals surface area contributed by atoms with Gasteiger partial charge in [-0.1, -0.05) is 54.6 Å². The fourth-order valence-electron chi connectivity index (χ4n) is 1.86. The van der Waals surface area contributed by atoms with Gasteiger partial charge in [0.2, 0.25) is 0 Å². The second kappa shape index (κ2) is 9.30. The van der Waals surface area contributed by atoms with Gasteiger partial charge in [-0.05, 0) is 35.5 Å². The summed E-state index contributed by atoms with van der Waals surface area (Å²) in [7, 11) is 0. The fourth-order valence-corrected chi connectivity index (χ4v) is 1.97. The maximum Gasteiger partial charge on any atom is 0.407 e. The standard InChI is InChI=1S/C18H16N2O2S/c21-18(22-13-16-6-2-1-3-7-16)19-11-5-9-15-8-4-10-17(12-15)20-14-23/h1-10,12H,11,13H2,(H,19,21). The van der Waals surface area contributed by atoms with Crippen LogP contribution in [0.4, 0.5) is 10.5 Å². The molecule has 2 rings (SSSR count). The van der Waals surface area contributed by atoms with Crippen molar-refractivity contribution in [3.8, 4) is 0 Å². The van der Waals surface area contributed by atoms with E-state index in [1.165, 1.54) is 0 Å². The molecule has 0 heterocycles. The van der Waals surface area contributed by atoms with E-state index in [1.54, 1.807) is 0 Å². The number of benzene rings is 2. The van der Waals surface area contributed by atoms with E-state index in [9.17, 15) is 4.79 Å². The summed E-state index contributed by atoms with van der Waals surface area (Å²) >= 11 is 4.58. The third-order valence-electron chi connectivity index (χ3n) is 2.93. The molecule has 23 heavy (non-hydrogen) atoms. The molecular weight excluding hydrogens is 308 g/mol. The monoisotopic (exact) mass is 324 g/mol. The van der Waals surface area contributed by atoms with Crippen LogP contribution >= 0.6 is 12.2 Å². The molecule has 0 aliphatic heterocycles. The summed E-state index contributed by atoms with van der Waals surface area (Å²) < 4.78 is 5.11. The van der Waals surface area contributed by atoms with Gasteiger partial charge in [0.1, 0.15) is 6.61 Å². The Morgan fingerprint density at radius 2 is 2.04 bits per heavy atom. The number of hydrogen-bond acceptors (Lipinski definition) is 4. The van der Waals surface area contributed by atoms with E-state index in [0.717, 1.165) is 16.8 Å². The maximum atomic E-state index is 11.6. The molecule has 0 radical (unpaired) electrons. The molecule has 2 aromatic carbocycles. The van der Waals surface area contributed by atoms with Crippen molar-refractivity contribution in [2.45, 2.75) is 6.61 Å². The zero-order chi connectivity index (χ0) is 16.3. The summed E-state index contributed by atoms with van der Waals surface area (Å²) in [6.07, 6.45) is 3.28. The fraction of sp³-hybridized carbons (Fsp3) is 0.111. The number of hydrogen-bond donors (Lipinski definition) is 1. The Balaban J connectivity index is 1.74. The molecule has 0 aromatic heterocycles. The van der Waals surface area contributed by atoms with Crippen molar-refractivity contribution in [2.24, 2.45) is 4.99 Å². The van der Waals surface area contributed by atoms with Crippen LogP contribution in [0.15, 0.2) is 65.7 Å². The Labute approximate surface area is 140 Å². The van der Waals surface area contributed by atoms with Gasteiger partial charge in [-0.25, -0.2) is 4.79 Å². The highest BCUT2D eigenvalue weighted by Gasteiger charge is 2.00. The van der Waals surface area contributed by atoms with Gasteiger partial charge in [0.25, 0.3) is 0 Å². The molecule has 4 nitrogen and oxygen atoms in total. The Bertz CT molecular complexity index is 723. The molecule has 0 bridgehead atoms. The number of nitrogens with zero attached hydrogens (tertiary/aromatic N) is 1. The number of aliphatic imine (C=N–C) groups is 1. The van der Waals surface area contributed by atoms with Crippen LogP contribution in [-0.2, 0) is 11.3 Å². The predicted molar refractivity (Wildman–Crippen MR) is 94.8 cm³/mol. The normalized spacial score (nSPS) is 10.1. The van der Waals surface area contributed by atoms with Crippen LogP contribution < -0.4 is 5.32 Å². The first-order valence-electron chi connectivity index (χ1n) is 7.07. The predicted octanol–water partition coefficient (Wildman–Crippen LogP) is 4.36. The van der Waals surface area contributed by atoms with Gasteiger partial charge in [0.05, 0.1) is 10.8 Å². The summed E-state index contributed by atoms with van der Waals surface area (Å²) in [6.45, 7) is 0.641. The number of isothiocyanates is 1. The molecule has 0 fully saturated rings. The Morgan fingerprint density at radius 1 is 1.22 bits per heavy atom. The van der Waals surface area contributed by atoms with Crippen molar-refractivity contribution in [3.05, 3.63) is 71.8 Å². The zero-order valence-corrected chi connectivity index (χ0v) is 13.3. The number of thiocarbonyl (C=S) groups is 1. The zero-order valence-electron chi connectivity index (χ0n) is 12.4. The van der Waals surface area contributed by atoms with Crippen LogP contribution in [0.2, 0.25) is 0 Å². The topological polar surface area (TPSA) is 50.7 Å². The molecule has 0 aliphatic carbocycles. The van der Waals surface area contributed by atoms with E-state index in [0.29, 0.717) is 6.54 Å². The summed E-state index contributed by atoms with van der Waals surface area (Å²) in [6, 6.07) is 17.1. The second-order valence-electron chi connectivity index (χ2n) is 4.64. The van der Waals surface area contributed by atoms with Crippen LogP contribution in [0.3, 0.4) is 0 Å². The lowest BCUT2D eigenvalue weighted by Crippen LogP contribution is -2.24. The number of carbonyl (C=O) groups is 1. The van der Waals surface area contributed by atoms with Gasteiger partial charge in [0, 0.05) is 6.54 Å². The smallest absolute Gasteiger partial charge is 0.407 e. The number of ether oxygens (including phenoxy) is 1. The van der Waals surface area contributed by atoms with Crippen molar-refractivity contribution in [1.29, 1.82) is 0 Å². The third-order valence-corrected chi connectivity index (χ3v) is 3.02. The number of carbonyl (C=O) groups excluding carboxylic acids is 1. The number of alkyl carbamates (subject to hydrolysis) is 1. The minimum atomic E-state index is -0.447. The summed E-state index contributed by atoms with van der Waals surface area (Å²) in [5, 5.41) is 4.99. The lowest BCUT2D eigenvalue weighted by atomic mass is 10.2. The van der Waals surface area contributed by atoms with Gasteiger partial charge < -0.3 is 10.1 Å². The van der Waals surface area contributed by atoms with Crippen LogP contribution in [0.5, 0.6) is 0 Å². The highest BCUT2D eigenvalue weighted by atomic mass is 32.1. The summed E-state index contributed by atoms with van der Waals surface area (Å²) in [5.41, 5.74) is 2.67. The average Bonchev–Trinajstić information content (AvgIpc) is 2.58. The Kier molecular flexibility index (Phi) is 6.72. The van der Waals surface area contributed by atoms with Crippen LogP contribution in [0.1, 0.15) is 11.1 Å². The van der Waals surface area contributed by atoms with Crippen molar-refractivity contribution < 1.29 is 9.53 Å². The van der Waals surface area contributed by atoms with Crippen molar-refractivity contribution in [1.82, 2.24) is 5.32 Å². The van der Waals surface area contributed by atoms with Crippen LogP contribution in [0.25, 0.3) is 6.08 Å². The average molecular weight is 324 g/mol. The van der Waals surface area contributed by atoms with E-state index in [4.69, 9.17) is 4.74 Å². The number of rotatable bonds is 6. The van der Waals surface area contributed by atoms with Gasteiger partial charge in [-0.3, -0.25) is 0 Å². The van der Waals surface area contributed by atoms with E-state index in [1.807, 2.05) is 66.7 Å². The first-order chi connectivity index (χ1) is 11.3. The van der Waals surface area contributed by atoms with Gasteiger partial charge >= 0.3 is 6.09 Å². The van der Waals surface area contributed by atoms with Gasteiger partial charge in [-0.2, -0.15) is 4.99 Å². The van der Waals surface area contributed by atoms with Crippen molar-refractivity contribution in [2.75, 3.05) is 6.54 Å². The molecule has 1 N–H and O–H groups in total. The first-order valence-corrected chi connectivity index (χ1v) is 7.48. The Morgan fingerprint density at radius 3 is 2.83 bits per heavy atom. The molecule has 0 saturated heterocycles. The van der Waals surface area contributed by atoms with Crippen LogP contribution in [0, 0.1) is 0 Å². The van der Waals surface area contributed by atoms with E-state index >= 15 is 0 Å². The van der Waals surface area contributed by atoms with Crippen molar-refractivity contribution >= 4 is 35.2 Å². The third kappa shape index (κ3) is 6.26. The second-order valence-corrected chi connectivity index (χ2v) is 4.83. The molecule has 0 atom stereocenters. The minimum absolute atomic E-state index is 0.258. The number of amides is 1. The molecular formula is C18H16N2O2S.